The minimum Gasteiger partial charge on any atom is -0.385 e. The van der Waals surface area contributed by atoms with Crippen LogP contribution in [0.3, 0.4) is 0 Å². The fourth-order valence-corrected chi connectivity index (χ4v) is 2.28. The maximum Gasteiger partial charge on any atom is 0.253 e. The summed E-state index contributed by atoms with van der Waals surface area (Å²) in [5.41, 5.74) is 1.87. The van der Waals surface area contributed by atoms with Crippen LogP contribution in [-0.4, -0.2) is 30.4 Å². The van der Waals surface area contributed by atoms with E-state index in [2.05, 4.69) is 19.2 Å². The second-order valence-electron chi connectivity index (χ2n) is 5.30. The van der Waals surface area contributed by atoms with E-state index < -0.39 is 0 Å². The van der Waals surface area contributed by atoms with Crippen molar-refractivity contribution in [2.45, 2.75) is 33.1 Å². The van der Waals surface area contributed by atoms with Gasteiger partial charge in [-0.1, -0.05) is 6.92 Å². The molecular formula is C16H24N2O. The van der Waals surface area contributed by atoms with Crippen LogP contribution >= 0.6 is 0 Å². The van der Waals surface area contributed by atoms with Gasteiger partial charge in [0.1, 0.15) is 0 Å². The zero-order valence-corrected chi connectivity index (χ0v) is 12.0. The molecule has 19 heavy (non-hydrogen) atoms. The van der Waals surface area contributed by atoms with E-state index in [1.807, 2.05) is 29.2 Å². The number of anilines is 1. The fourth-order valence-electron chi connectivity index (χ4n) is 2.28. The molecule has 2 rings (SSSR count). The van der Waals surface area contributed by atoms with Gasteiger partial charge in [-0.2, -0.15) is 0 Å². The number of benzene rings is 1. The molecule has 0 radical (unpaired) electrons. The minimum atomic E-state index is 0.178. The Balaban J connectivity index is 2.02. The number of carbonyl (C=O) groups excluding carboxylic acids is 1. The molecule has 0 spiro atoms. The Morgan fingerprint density at radius 2 is 1.95 bits per heavy atom. The molecule has 1 aliphatic rings. The molecule has 1 amide bonds. The van der Waals surface area contributed by atoms with Crippen molar-refractivity contribution in [1.82, 2.24) is 4.90 Å². The van der Waals surface area contributed by atoms with Gasteiger partial charge in [0.15, 0.2) is 0 Å². The van der Waals surface area contributed by atoms with Crippen molar-refractivity contribution in [3.63, 3.8) is 0 Å². The van der Waals surface area contributed by atoms with Crippen LogP contribution in [0.2, 0.25) is 0 Å². The van der Waals surface area contributed by atoms with E-state index in [4.69, 9.17) is 0 Å². The van der Waals surface area contributed by atoms with Crippen molar-refractivity contribution in [2.24, 2.45) is 5.92 Å². The first-order valence-electron chi connectivity index (χ1n) is 7.37. The smallest absolute Gasteiger partial charge is 0.253 e. The normalized spacial score (nSPS) is 14.2. The summed E-state index contributed by atoms with van der Waals surface area (Å²) in [5.74, 6) is 0.924. The summed E-state index contributed by atoms with van der Waals surface area (Å²) in [5, 5.41) is 3.25. The van der Waals surface area contributed by atoms with Crippen LogP contribution in [-0.2, 0) is 0 Å². The van der Waals surface area contributed by atoms with E-state index in [0.29, 0.717) is 0 Å². The van der Waals surface area contributed by atoms with Crippen LogP contribution in [0.15, 0.2) is 24.3 Å². The molecule has 104 valence electrons. The van der Waals surface area contributed by atoms with Crippen molar-refractivity contribution in [3.05, 3.63) is 29.8 Å². The Labute approximate surface area is 116 Å². The van der Waals surface area contributed by atoms with Gasteiger partial charge in [-0.05, 0) is 56.4 Å². The lowest BCUT2D eigenvalue weighted by molar-refractivity contribution is 0.0748. The first-order valence-corrected chi connectivity index (χ1v) is 7.37. The number of amides is 1. The minimum absolute atomic E-state index is 0.178. The van der Waals surface area contributed by atoms with Gasteiger partial charge < -0.3 is 10.2 Å². The quantitative estimate of drug-likeness (QED) is 0.815. The maximum atomic E-state index is 12.5. The fraction of sp³-hybridized carbons (Fsp3) is 0.562. The first-order chi connectivity index (χ1) is 9.24. The van der Waals surface area contributed by atoms with Gasteiger partial charge in [-0.15, -0.1) is 0 Å². The topological polar surface area (TPSA) is 32.3 Å². The molecule has 0 bridgehead atoms. The van der Waals surface area contributed by atoms with E-state index in [1.165, 1.54) is 12.8 Å². The molecule has 0 heterocycles. The molecule has 1 aromatic carbocycles. The summed E-state index contributed by atoms with van der Waals surface area (Å²) >= 11 is 0. The van der Waals surface area contributed by atoms with E-state index in [1.54, 1.807) is 0 Å². The molecule has 0 aliphatic heterocycles. The Kier molecular flexibility index (Phi) is 4.83. The zero-order chi connectivity index (χ0) is 13.7. The Hall–Kier alpha value is -1.51. The molecule has 1 N–H and O–H groups in total. The number of nitrogens with zero attached hydrogens (tertiary/aromatic N) is 1. The molecule has 3 heteroatoms. The monoisotopic (exact) mass is 260 g/mol. The lowest BCUT2D eigenvalue weighted by atomic mass is 10.1. The van der Waals surface area contributed by atoms with Gasteiger partial charge in [0.25, 0.3) is 5.91 Å². The van der Waals surface area contributed by atoms with Crippen LogP contribution in [0.5, 0.6) is 0 Å². The lowest BCUT2D eigenvalue weighted by Gasteiger charge is -2.22. The van der Waals surface area contributed by atoms with Crippen molar-refractivity contribution in [3.8, 4) is 0 Å². The standard InChI is InChI=1S/C16H24N2O/c1-3-11-18(12-13-5-6-13)16(19)14-7-9-15(10-8-14)17-4-2/h7-10,13,17H,3-6,11-12H2,1-2H3. The van der Waals surface area contributed by atoms with Crippen LogP contribution < -0.4 is 5.32 Å². The average molecular weight is 260 g/mol. The maximum absolute atomic E-state index is 12.5. The first kappa shape index (κ1) is 13.9. The summed E-state index contributed by atoms with van der Waals surface area (Å²) in [6.45, 7) is 6.89. The van der Waals surface area contributed by atoms with Crippen LogP contribution in [0.4, 0.5) is 5.69 Å². The molecule has 0 atom stereocenters. The number of carbonyl (C=O) groups is 1. The van der Waals surface area contributed by atoms with Crippen LogP contribution in [0.1, 0.15) is 43.5 Å². The van der Waals surface area contributed by atoms with E-state index >= 15 is 0 Å². The molecule has 1 aromatic rings. The van der Waals surface area contributed by atoms with Crippen LogP contribution in [0.25, 0.3) is 0 Å². The highest BCUT2D eigenvalue weighted by molar-refractivity contribution is 5.94. The lowest BCUT2D eigenvalue weighted by Crippen LogP contribution is -2.33. The third-order valence-electron chi connectivity index (χ3n) is 3.47. The van der Waals surface area contributed by atoms with Gasteiger partial charge in [-0.25, -0.2) is 0 Å². The second-order valence-corrected chi connectivity index (χ2v) is 5.30. The molecular weight excluding hydrogens is 236 g/mol. The summed E-state index contributed by atoms with van der Waals surface area (Å²) in [6.07, 6.45) is 3.59. The van der Waals surface area contributed by atoms with Gasteiger partial charge in [0, 0.05) is 30.9 Å². The Morgan fingerprint density at radius 1 is 1.26 bits per heavy atom. The number of nitrogens with one attached hydrogen (secondary N) is 1. The number of hydrogen-bond acceptors (Lipinski definition) is 2. The summed E-state index contributed by atoms with van der Waals surface area (Å²) in [4.78, 5) is 14.5. The molecule has 0 unspecified atom stereocenters. The van der Waals surface area contributed by atoms with Crippen molar-refractivity contribution < 1.29 is 4.79 Å². The van der Waals surface area contributed by atoms with Crippen molar-refractivity contribution in [1.29, 1.82) is 0 Å². The molecule has 0 saturated heterocycles. The highest BCUT2D eigenvalue weighted by Crippen LogP contribution is 2.30. The largest absolute Gasteiger partial charge is 0.385 e. The molecule has 1 saturated carbocycles. The van der Waals surface area contributed by atoms with Gasteiger partial charge in [-0.3, -0.25) is 4.79 Å². The molecule has 3 nitrogen and oxygen atoms in total. The van der Waals surface area contributed by atoms with Gasteiger partial charge in [0.05, 0.1) is 0 Å². The Bertz CT molecular complexity index is 409. The van der Waals surface area contributed by atoms with E-state index in [0.717, 1.165) is 43.2 Å². The summed E-state index contributed by atoms with van der Waals surface area (Å²) in [6, 6.07) is 7.82. The third-order valence-corrected chi connectivity index (χ3v) is 3.47. The number of hydrogen-bond donors (Lipinski definition) is 1. The highest BCUT2D eigenvalue weighted by atomic mass is 16.2. The molecule has 0 aromatic heterocycles. The SMILES string of the molecule is CCCN(CC1CC1)C(=O)c1ccc(NCC)cc1. The van der Waals surface area contributed by atoms with E-state index in [-0.39, 0.29) is 5.91 Å². The number of rotatable bonds is 7. The predicted octanol–water partition coefficient (Wildman–Crippen LogP) is 3.38. The summed E-state index contributed by atoms with van der Waals surface area (Å²) in [7, 11) is 0. The average Bonchev–Trinajstić information content (AvgIpc) is 3.23. The Morgan fingerprint density at radius 3 is 2.47 bits per heavy atom. The molecule has 1 aliphatic carbocycles. The second kappa shape index (κ2) is 6.60. The predicted molar refractivity (Wildman–Crippen MR) is 79.5 cm³/mol. The van der Waals surface area contributed by atoms with Gasteiger partial charge >= 0.3 is 0 Å². The summed E-state index contributed by atoms with van der Waals surface area (Å²) < 4.78 is 0. The van der Waals surface area contributed by atoms with Crippen LogP contribution in [0, 0.1) is 5.92 Å². The van der Waals surface area contributed by atoms with Crippen molar-refractivity contribution in [2.75, 3.05) is 25.0 Å². The van der Waals surface area contributed by atoms with Gasteiger partial charge in [0.2, 0.25) is 0 Å². The highest BCUT2D eigenvalue weighted by Gasteiger charge is 2.26. The van der Waals surface area contributed by atoms with E-state index in [9.17, 15) is 4.79 Å². The molecule has 1 fully saturated rings. The van der Waals surface area contributed by atoms with Crippen molar-refractivity contribution >= 4 is 11.6 Å². The third kappa shape index (κ3) is 3.98. The zero-order valence-electron chi connectivity index (χ0n) is 12.0.